The van der Waals surface area contributed by atoms with E-state index in [-0.39, 0.29) is 58.1 Å². The minimum Gasteiger partial charge on any atom is -0.458 e. The molecule has 7 bridgehead atoms. The molecule has 1 heterocycles. The Morgan fingerprint density at radius 2 is 1.62 bits per heavy atom. The Kier molecular flexibility index (Phi) is 5.73. The first-order chi connectivity index (χ1) is 20.3. The maximum atomic E-state index is 13.6. The number of piperidine rings is 1. The fourth-order valence-electron chi connectivity index (χ4n) is 11.8. The average molecular weight is 568 g/mol. The molecule has 5 aliphatic carbocycles. The highest BCUT2D eigenvalue weighted by atomic mass is 16.6. The Morgan fingerprint density at radius 3 is 2.26 bits per heavy atom. The highest BCUT2D eigenvalue weighted by Gasteiger charge is 2.86. The van der Waals surface area contributed by atoms with Crippen molar-refractivity contribution in [1.29, 1.82) is 0 Å². The summed E-state index contributed by atoms with van der Waals surface area (Å²) in [5.74, 6) is 0.0763. The molecular weight excluding hydrogens is 526 g/mol. The molecule has 0 amide bonds. The van der Waals surface area contributed by atoms with E-state index in [1.807, 2.05) is 48.5 Å². The summed E-state index contributed by atoms with van der Waals surface area (Å²) in [4.78, 5) is 29.9. The SMILES string of the molecule is C=C1[C@H]2C[C@@]3([C@@H]1OC(=O)c1ccccc1)[C@@H](C[C@@H]2O)[C@@]12[C@@H](OC(=O)c4ccccc4)CC[C@@]4(C)CN(CC)[C@@H]1[C@@H]3C[C@H]42. The third-order valence-electron chi connectivity index (χ3n) is 13.0. The van der Waals surface area contributed by atoms with E-state index in [4.69, 9.17) is 9.47 Å². The van der Waals surface area contributed by atoms with Gasteiger partial charge in [-0.15, -0.1) is 0 Å². The van der Waals surface area contributed by atoms with Gasteiger partial charge in [0.2, 0.25) is 0 Å². The number of hydrogen-bond acceptors (Lipinski definition) is 6. The molecule has 8 rings (SSSR count). The molecule has 0 unspecified atom stereocenters. The predicted octanol–water partition coefficient (Wildman–Crippen LogP) is 5.52. The lowest BCUT2D eigenvalue weighted by atomic mass is 9.43. The van der Waals surface area contributed by atoms with Gasteiger partial charge in [0.05, 0.1) is 17.2 Å². The van der Waals surface area contributed by atoms with Crippen molar-refractivity contribution in [3.8, 4) is 0 Å². The molecule has 1 N–H and O–H groups in total. The van der Waals surface area contributed by atoms with Gasteiger partial charge in [-0.3, -0.25) is 4.90 Å². The van der Waals surface area contributed by atoms with Crippen molar-refractivity contribution < 1.29 is 24.2 Å². The van der Waals surface area contributed by atoms with E-state index in [9.17, 15) is 14.7 Å². The van der Waals surface area contributed by atoms with E-state index in [0.29, 0.717) is 23.5 Å². The molecule has 6 fully saturated rings. The fourth-order valence-corrected chi connectivity index (χ4v) is 11.8. The van der Waals surface area contributed by atoms with Crippen LogP contribution in [0.1, 0.15) is 66.7 Å². The van der Waals surface area contributed by atoms with Crippen LogP contribution >= 0.6 is 0 Å². The topological polar surface area (TPSA) is 76.1 Å². The van der Waals surface area contributed by atoms with Crippen molar-refractivity contribution in [2.45, 2.75) is 70.3 Å². The summed E-state index contributed by atoms with van der Waals surface area (Å²) in [7, 11) is 0. The van der Waals surface area contributed by atoms with Crippen LogP contribution in [-0.2, 0) is 9.47 Å². The van der Waals surface area contributed by atoms with Gasteiger partial charge in [0, 0.05) is 29.3 Å². The van der Waals surface area contributed by atoms with E-state index in [2.05, 4.69) is 25.3 Å². The Labute approximate surface area is 248 Å². The third kappa shape index (κ3) is 3.18. The van der Waals surface area contributed by atoms with E-state index in [1.165, 1.54) is 0 Å². The summed E-state index contributed by atoms with van der Waals surface area (Å²) in [6.45, 7) is 11.2. The Bertz CT molecular complexity index is 1440. The van der Waals surface area contributed by atoms with Crippen LogP contribution in [0, 0.1) is 39.9 Å². The molecule has 42 heavy (non-hydrogen) atoms. The molecule has 6 heteroatoms. The van der Waals surface area contributed by atoms with Crippen LogP contribution in [-0.4, -0.2) is 59.4 Å². The van der Waals surface area contributed by atoms with Crippen LogP contribution in [0.4, 0.5) is 0 Å². The van der Waals surface area contributed by atoms with Gasteiger partial charge in [-0.1, -0.05) is 56.8 Å². The zero-order chi connectivity index (χ0) is 29.0. The average Bonchev–Trinajstić information content (AvgIpc) is 3.53. The summed E-state index contributed by atoms with van der Waals surface area (Å²) < 4.78 is 13.1. The van der Waals surface area contributed by atoms with Crippen molar-refractivity contribution in [3.05, 3.63) is 83.9 Å². The quantitative estimate of drug-likeness (QED) is 0.379. The number of esters is 2. The van der Waals surface area contributed by atoms with Gasteiger partial charge in [0.15, 0.2) is 0 Å². The van der Waals surface area contributed by atoms with Crippen molar-refractivity contribution in [3.63, 3.8) is 0 Å². The number of likely N-dealkylation sites (tertiary alicyclic amines) is 1. The molecule has 6 nitrogen and oxygen atoms in total. The van der Waals surface area contributed by atoms with E-state index in [0.717, 1.165) is 44.3 Å². The van der Waals surface area contributed by atoms with E-state index >= 15 is 0 Å². The first-order valence-corrected chi connectivity index (χ1v) is 15.9. The van der Waals surface area contributed by atoms with Gasteiger partial charge in [-0.05, 0) is 91.7 Å². The third-order valence-corrected chi connectivity index (χ3v) is 13.0. The predicted molar refractivity (Wildman–Crippen MR) is 157 cm³/mol. The fraction of sp³-hybridized carbons (Fsp3) is 0.556. The van der Waals surface area contributed by atoms with Gasteiger partial charge < -0.3 is 14.6 Å². The monoisotopic (exact) mass is 567 g/mol. The number of carbonyl (C=O) groups excluding carboxylic acids is 2. The normalized spacial score (nSPS) is 44.5. The minimum atomic E-state index is -0.542. The molecule has 6 aliphatic rings. The number of benzene rings is 2. The van der Waals surface area contributed by atoms with Crippen LogP contribution in [0.15, 0.2) is 72.8 Å². The number of ether oxygens (including phenoxy) is 2. The van der Waals surface area contributed by atoms with Crippen molar-refractivity contribution in [1.82, 2.24) is 4.90 Å². The minimum absolute atomic E-state index is 0.0698. The maximum Gasteiger partial charge on any atom is 0.338 e. The maximum absolute atomic E-state index is 13.6. The number of hydrogen-bond donors (Lipinski definition) is 1. The van der Waals surface area contributed by atoms with E-state index in [1.54, 1.807) is 12.1 Å². The number of aliphatic hydroxyl groups excluding tert-OH is 1. The van der Waals surface area contributed by atoms with Crippen LogP contribution in [0.5, 0.6) is 0 Å². The van der Waals surface area contributed by atoms with Crippen molar-refractivity contribution in [2.24, 2.45) is 39.9 Å². The summed E-state index contributed by atoms with van der Waals surface area (Å²) in [5.41, 5.74) is 1.48. The largest absolute Gasteiger partial charge is 0.458 e. The molecule has 2 spiro atoms. The summed E-state index contributed by atoms with van der Waals surface area (Å²) >= 11 is 0. The second-order valence-electron chi connectivity index (χ2n) is 14.4. The molecule has 5 saturated carbocycles. The summed E-state index contributed by atoms with van der Waals surface area (Å²) in [6, 6.07) is 18.8. The van der Waals surface area contributed by atoms with E-state index < -0.39 is 12.2 Å². The first-order valence-electron chi connectivity index (χ1n) is 15.9. The second kappa shape index (κ2) is 9.03. The lowest BCUT2D eigenvalue weighted by molar-refractivity contribution is -0.218. The smallest absolute Gasteiger partial charge is 0.338 e. The van der Waals surface area contributed by atoms with Crippen LogP contribution in [0.2, 0.25) is 0 Å². The molecule has 1 saturated heterocycles. The lowest BCUT2D eigenvalue weighted by Gasteiger charge is -2.65. The highest BCUT2D eigenvalue weighted by Crippen LogP contribution is 2.84. The van der Waals surface area contributed by atoms with Crippen LogP contribution < -0.4 is 0 Å². The number of fused-ring (bicyclic) bond motifs is 1. The van der Waals surface area contributed by atoms with Gasteiger partial charge in [0.1, 0.15) is 12.2 Å². The molecule has 11 atom stereocenters. The second-order valence-corrected chi connectivity index (χ2v) is 14.4. The Morgan fingerprint density at radius 1 is 0.976 bits per heavy atom. The first kappa shape index (κ1) is 26.7. The van der Waals surface area contributed by atoms with Gasteiger partial charge >= 0.3 is 11.9 Å². The Hall–Kier alpha value is -2.96. The standard InChI is InChI=1S/C36H41NO5/c1-4-37-20-34(3)16-15-29(41-32(39)22-11-7-5-8-12-22)36-27(34)17-25(30(36)37)35-19-24(26(38)18-28(35)36)21(2)31(35)42-33(40)23-13-9-6-10-14-23/h5-14,24-31,38H,2,4,15-20H2,1,3H3/t24-,25+,26+,27-,28-,29+,30-,31-,34+,35+,36+/m1/s1. The van der Waals surface area contributed by atoms with Crippen LogP contribution in [0.3, 0.4) is 0 Å². The summed E-state index contributed by atoms with van der Waals surface area (Å²) in [5, 5.41) is 11.7. The molecule has 2 aromatic rings. The Balaban J connectivity index is 1.26. The number of carbonyl (C=O) groups is 2. The molecular formula is C36H41NO5. The van der Waals surface area contributed by atoms with Gasteiger partial charge in [-0.2, -0.15) is 0 Å². The molecule has 0 radical (unpaired) electrons. The molecule has 0 aromatic heterocycles. The zero-order valence-electron chi connectivity index (χ0n) is 24.6. The van der Waals surface area contributed by atoms with Crippen LogP contribution in [0.25, 0.3) is 0 Å². The zero-order valence-corrected chi connectivity index (χ0v) is 24.6. The highest BCUT2D eigenvalue weighted by molar-refractivity contribution is 5.90. The number of rotatable bonds is 5. The molecule has 220 valence electrons. The molecule has 2 aromatic carbocycles. The lowest BCUT2D eigenvalue weighted by Crippen LogP contribution is -2.69. The summed E-state index contributed by atoms with van der Waals surface area (Å²) in [6.07, 6.45) is 3.07. The number of nitrogens with zero attached hydrogens (tertiary/aromatic N) is 1. The number of aliphatic hydroxyl groups is 1. The van der Waals surface area contributed by atoms with Crippen molar-refractivity contribution >= 4 is 11.9 Å². The molecule has 1 aliphatic heterocycles. The van der Waals surface area contributed by atoms with Gasteiger partial charge in [0.25, 0.3) is 0 Å². The van der Waals surface area contributed by atoms with Crippen molar-refractivity contribution in [2.75, 3.05) is 13.1 Å². The van der Waals surface area contributed by atoms with Gasteiger partial charge in [-0.25, -0.2) is 9.59 Å².